The summed E-state index contributed by atoms with van der Waals surface area (Å²) in [5, 5.41) is 2.83. The summed E-state index contributed by atoms with van der Waals surface area (Å²) in [6.45, 7) is 2.19. The number of methoxy groups -OCH3 is 1. The molecule has 0 aliphatic rings. The minimum absolute atomic E-state index is 0.134. The quantitative estimate of drug-likeness (QED) is 0.431. The molecule has 0 saturated heterocycles. The van der Waals surface area contributed by atoms with Crippen LogP contribution in [-0.2, 0) is 11.3 Å². The Bertz CT molecular complexity index is 904. The number of thiazole rings is 1. The second-order valence-corrected chi connectivity index (χ2v) is 7.39. The molecule has 1 heterocycles. The second-order valence-electron chi connectivity index (χ2n) is 5.65. The fourth-order valence-electron chi connectivity index (χ4n) is 2.39. The lowest BCUT2D eigenvalue weighted by atomic mass is 10.2. The third-order valence-electron chi connectivity index (χ3n) is 3.83. The molecule has 0 atom stereocenters. The molecule has 0 aliphatic carbocycles. The van der Waals surface area contributed by atoms with E-state index in [4.69, 9.17) is 9.47 Å². The van der Waals surface area contributed by atoms with Gasteiger partial charge in [0.05, 0.1) is 12.8 Å². The van der Waals surface area contributed by atoms with Crippen molar-refractivity contribution in [2.24, 2.45) is 0 Å². The first-order valence-corrected chi connectivity index (χ1v) is 10.1. The highest BCUT2D eigenvalue weighted by Crippen LogP contribution is 2.27. The first kappa shape index (κ1) is 18.5. The van der Waals surface area contributed by atoms with Gasteiger partial charge in [-0.25, -0.2) is 9.78 Å². The Morgan fingerprint density at radius 1 is 1.19 bits per heavy atom. The Balaban J connectivity index is 1.68. The zero-order valence-corrected chi connectivity index (χ0v) is 16.4. The van der Waals surface area contributed by atoms with Crippen LogP contribution in [0.1, 0.15) is 21.6 Å². The molecule has 0 aliphatic heterocycles. The Morgan fingerprint density at radius 3 is 2.65 bits per heavy atom. The summed E-state index contributed by atoms with van der Waals surface area (Å²) < 4.78 is 10.7. The van der Waals surface area contributed by atoms with Crippen LogP contribution in [0.3, 0.4) is 0 Å². The number of carbonyl (C=O) groups excluding carboxylic acids is 1. The van der Waals surface area contributed by atoms with Crippen LogP contribution in [0.4, 0.5) is 0 Å². The van der Waals surface area contributed by atoms with E-state index in [9.17, 15) is 4.79 Å². The molecule has 0 amide bonds. The molecule has 3 rings (SSSR count). The molecule has 0 bridgehead atoms. The molecule has 0 spiro atoms. The number of aromatic nitrogens is 1. The molecular formula is C20H19NO3S2. The van der Waals surface area contributed by atoms with Crippen molar-refractivity contribution in [3.8, 4) is 16.3 Å². The molecule has 0 saturated carbocycles. The molecule has 1 aromatic heterocycles. The number of benzene rings is 2. The molecule has 0 unspecified atom stereocenters. The van der Waals surface area contributed by atoms with Gasteiger partial charge in [0.1, 0.15) is 22.9 Å². The fraction of sp³-hybridized carbons (Fsp3) is 0.200. The van der Waals surface area contributed by atoms with Crippen molar-refractivity contribution in [2.45, 2.75) is 18.4 Å². The second kappa shape index (κ2) is 8.38. The highest BCUT2D eigenvalue weighted by Gasteiger charge is 2.15. The summed E-state index contributed by atoms with van der Waals surface area (Å²) in [4.78, 5) is 18.0. The number of rotatable bonds is 6. The van der Waals surface area contributed by atoms with Crippen molar-refractivity contribution < 1.29 is 14.3 Å². The van der Waals surface area contributed by atoms with Gasteiger partial charge in [-0.05, 0) is 31.4 Å². The lowest BCUT2D eigenvalue weighted by Gasteiger charge is -2.09. The first-order valence-electron chi connectivity index (χ1n) is 8.01. The summed E-state index contributed by atoms with van der Waals surface area (Å²) >= 11 is 3.13. The van der Waals surface area contributed by atoms with Gasteiger partial charge in [-0.15, -0.1) is 23.1 Å². The summed E-state index contributed by atoms with van der Waals surface area (Å²) in [5.41, 5.74) is 3.42. The van der Waals surface area contributed by atoms with Crippen LogP contribution in [0.25, 0.3) is 10.6 Å². The maximum atomic E-state index is 12.4. The zero-order valence-electron chi connectivity index (χ0n) is 14.8. The van der Waals surface area contributed by atoms with Crippen LogP contribution in [0.2, 0.25) is 0 Å². The highest BCUT2D eigenvalue weighted by molar-refractivity contribution is 7.98. The zero-order chi connectivity index (χ0) is 18.5. The predicted octanol–water partition coefficient (Wildman–Crippen LogP) is 5.21. The Kier molecular flexibility index (Phi) is 5.96. The van der Waals surface area contributed by atoms with Crippen LogP contribution >= 0.6 is 23.1 Å². The maximum absolute atomic E-state index is 12.4. The van der Waals surface area contributed by atoms with Crippen LogP contribution in [-0.4, -0.2) is 24.3 Å². The summed E-state index contributed by atoms with van der Waals surface area (Å²) in [5.74, 6) is 0.0971. The van der Waals surface area contributed by atoms with Crippen LogP contribution < -0.4 is 4.74 Å². The number of hydrogen-bond acceptors (Lipinski definition) is 6. The number of carbonyl (C=O) groups is 1. The topological polar surface area (TPSA) is 48.4 Å². The molecule has 134 valence electrons. The number of nitrogens with zero attached hydrogens (tertiary/aromatic N) is 1. The third-order valence-corrected chi connectivity index (χ3v) is 5.50. The summed E-state index contributed by atoms with van der Waals surface area (Å²) in [6, 6.07) is 13.6. The molecule has 6 heteroatoms. The molecule has 26 heavy (non-hydrogen) atoms. The fourth-order valence-corrected chi connectivity index (χ4v) is 3.63. The van der Waals surface area contributed by atoms with Gasteiger partial charge in [0.2, 0.25) is 0 Å². The van der Waals surface area contributed by atoms with Gasteiger partial charge in [0.15, 0.2) is 0 Å². The maximum Gasteiger partial charge on any atom is 0.342 e. The van der Waals surface area contributed by atoms with Crippen molar-refractivity contribution in [3.05, 3.63) is 64.7 Å². The largest absolute Gasteiger partial charge is 0.496 e. The van der Waals surface area contributed by atoms with E-state index >= 15 is 0 Å². The molecule has 0 N–H and O–H groups in total. The molecule has 4 nitrogen and oxygen atoms in total. The SMILES string of the molecule is COc1cc(SC)ccc1C(=O)OCc1csc(-c2ccc(C)cc2)n1. The van der Waals surface area contributed by atoms with E-state index < -0.39 is 5.97 Å². The smallest absolute Gasteiger partial charge is 0.342 e. The van der Waals surface area contributed by atoms with Crippen LogP contribution in [0.15, 0.2) is 52.7 Å². The van der Waals surface area contributed by atoms with Gasteiger partial charge >= 0.3 is 5.97 Å². The normalized spacial score (nSPS) is 10.6. The van der Waals surface area contributed by atoms with Crippen LogP contribution in [0, 0.1) is 6.92 Å². The monoisotopic (exact) mass is 385 g/mol. The lowest BCUT2D eigenvalue weighted by Crippen LogP contribution is -2.07. The Morgan fingerprint density at radius 2 is 1.96 bits per heavy atom. The summed E-state index contributed by atoms with van der Waals surface area (Å²) in [6.07, 6.45) is 1.97. The molecule has 0 fully saturated rings. The third kappa shape index (κ3) is 4.26. The van der Waals surface area contributed by atoms with E-state index in [1.54, 1.807) is 24.9 Å². The highest BCUT2D eigenvalue weighted by atomic mass is 32.2. The van der Waals surface area contributed by atoms with E-state index in [0.29, 0.717) is 11.3 Å². The number of hydrogen-bond donors (Lipinski definition) is 0. The van der Waals surface area contributed by atoms with E-state index in [2.05, 4.69) is 24.0 Å². The van der Waals surface area contributed by atoms with E-state index in [-0.39, 0.29) is 6.61 Å². The van der Waals surface area contributed by atoms with Crippen molar-refractivity contribution in [2.75, 3.05) is 13.4 Å². The average Bonchev–Trinajstić information content (AvgIpc) is 3.15. The Hall–Kier alpha value is -2.31. The predicted molar refractivity (Wildman–Crippen MR) is 106 cm³/mol. The van der Waals surface area contributed by atoms with Crippen LogP contribution in [0.5, 0.6) is 5.75 Å². The van der Waals surface area contributed by atoms with Crippen molar-refractivity contribution >= 4 is 29.1 Å². The van der Waals surface area contributed by atoms with Gasteiger partial charge in [0, 0.05) is 15.8 Å². The molecule has 0 radical (unpaired) electrons. The summed E-state index contributed by atoms with van der Waals surface area (Å²) in [7, 11) is 1.55. The van der Waals surface area contributed by atoms with E-state index in [1.165, 1.54) is 16.9 Å². The van der Waals surface area contributed by atoms with Gasteiger partial charge in [-0.3, -0.25) is 0 Å². The molecule has 3 aromatic rings. The number of ether oxygens (including phenoxy) is 2. The van der Waals surface area contributed by atoms with Gasteiger partial charge in [0.25, 0.3) is 0 Å². The number of esters is 1. The lowest BCUT2D eigenvalue weighted by molar-refractivity contribution is 0.0464. The average molecular weight is 386 g/mol. The minimum Gasteiger partial charge on any atom is -0.496 e. The van der Waals surface area contributed by atoms with Gasteiger partial charge < -0.3 is 9.47 Å². The van der Waals surface area contributed by atoms with Crippen molar-refractivity contribution in [3.63, 3.8) is 0 Å². The first-order chi connectivity index (χ1) is 12.6. The number of thioether (sulfide) groups is 1. The van der Waals surface area contributed by atoms with Gasteiger partial charge in [-0.2, -0.15) is 0 Å². The van der Waals surface area contributed by atoms with Gasteiger partial charge in [-0.1, -0.05) is 29.8 Å². The van der Waals surface area contributed by atoms with E-state index in [1.807, 2.05) is 35.9 Å². The van der Waals surface area contributed by atoms with Crippen molar-refractivity contribution in [1.82, 2.24) is 4.98 Å². The number of aryl methyl sites for hydroxylation is 1. The molecule has 2 aromatic carbocycles. The van der Waals surface area contributed by atoms with Crippen molar-refractivity contribution in [1.29, 1.82) is 0 Å². The Labute approximate surface area is 161 Å². The van der Waals surface area contributed by atoms with E-state index in [0.717, 1.165) is 21.2 Å². The molecular weight excluding hydrogens is 366 g/mol. The standard InChI is InChI=1S/C20H19NO3S2/c1-13-4-6-14(7-5-13)19-21-15(12-26-19)11-24-20(22)17-9-8-16(25-3)10-18(17)23-2/h4-10,12H,11H2,1-3H3. The minimum atomic E-state index is -0.417.